The van der Waals surface area contributed by atoms with Gasteiger partial charge in [0.1, 0.15) is 5.60 Å². The van der Waals surface area contributed by atoms with Crippen LogP contribution in [0.25, 0.3) is 0 Å². The SMILES string of the molecule is CN(C)C(=O)C1([N+]2(CCC(CN(C)C(=O)c3ccc(NC(=O)OC(C)(C)C)cc3)c3ccc(Cl)c(Cl)c3)CCCCC2)CCNCC1. The summed E-state index contributed by atoms with van der Waals surface area (Å²) >= 11 is 12.8. The van der Waals surface area contributed by atoms with Crippen molar-refractivity contribution >= 4 is 46.8 Å². The van der Waals surface area contributed by atoms with Crippen molar-refractivity contribution < 1.29 is 23.6 Å². The summed E-state index contributed by atoms with van der Waals surface area (Å²) in [6, 6.07) is 12.6. The lowest BCUT2D eigenvalue weighted by Crippen LogP contribution is -2.74. The normalized spacial score (nSPS) is 18.1. The van der Waals surface area contributed by atoms with Crippen LogP contribution < -0.4 is 10.6 Å². The third kappa shape index (κ3) is 8.99. The van der Waals surface area contributed by atoms with Crippen LogP contribution in [-0.2, 0) is 9.53 Å². The highest BCUT2D eigenvalue weighted by molar-refractivity contribution is 6.42. The van der Waals surface area contributed by atoms with E-state index >= 15 is 0 Å². The zero-order valence-electron chi connectivity index (χ0n) is 28.8. The molecule has 2 aromatic carbocycles. The number of nitrogens with zero attached hydrogens (tertiary/aromatic N) is 3. The molecule has 258 valence electrons. The number of hydrogen-bond acceptors (Lipinski definition) is 5. The highest BCUT2D eigenvalue weighted by Gasteiger charge is 2.57. The van der Waals surface area contributed by atoms with Crippen molar-refractivity contribution in [2.24, 2.45) is 0 Å². The molecular formula is C36H52Cl2N5O4+. The Labute approximate surface area is 290 Å². The number of nitrogens with one attached hydrogen (secondary N) is 2. The van der Waals surface area contributed by atoms with Crippen LogP contribution in [0.15, 0.2) is 42.5 Å². The fraction of sp³-hybridized carbons (Fsp3) is 0.583. The summed E-state index contributed by atoms with van der Waals surface area (Å²) in [7, 11) is 5.58. The van der Waals surface area contributed by atoms with Gasteiger partial charge in [-0.3, -0.25) is 14.9 Å². The summed E-state index contributed by atoms with van der Waals surface area (Å²) in [5, 5.41) is 7.17. The van der Waals surface area contributed by atoms with E-state index in [9.17, 15) is 14.4 Å². The second-order valence-electron chi connectivity index (χ2n) is 14.4. The average molecular weight is 690 g/mol. The first kappa shape index (κ1) is 37.0. The number of benzene rings is 2. The second kappa shape index (κ2) is 15.6. The standard InChI is InChI=1S/C36H51Cl2N5O4/c1-35(2,3)47-34(46)40-29-13-10-26(11-14-29)32(44)42(6)25-28(27-12-15-30(37)31(38)24-27)16-23-43(21-8-7-9-22-43)36(33(45)41(4)5)17-19-39-20-18-36/h10-15,24,28,39H,7-9,16-23,25H2,1-6H3/p+1. The Morgan fingerprint density at radius 1 is 0.957 bits per heavy atom. The molecule has 4 rings (SSSR count). The van der Waals surface area contributed by atoms with E-state index in [1.54, 1.807) is 54.8 Å². The second-order valence-corrected chi connectivity index (χ2v) is 15.2. The summed E-state index contributed by atoms with van der Waals surface area (Å²) in [6.07, 6.45) is 5.26. The molecule has 2 heterocycles. The van der Waals surface area contributed by atoms with Crippen LogP contribution in [0.4, 0.5) is 10.5 Å². The van der Waals surface area contributed by atoms with Gasteiger partial charge in [-0.1, -0.05) is 29.3 Å². The van der Waals surface area contributed by atoms with Gasteiger partial charge in [-0.05, 0) is 82.0 Å². The number of piperidine rings is 2. The minimum atomic E-state index is -0.612. The number of carbonyl (C=O) groups excluding carboxylic acids is 3. The molecule has 2 N–H and O–H groups in total. The summed E-state index contributed by atoms with van der Waals surface area (Å²) in [6.45, 7) is 10.3. The first-order valence-corrected chi connectivity index (χ1v) is 17.5. The quantitative estimate of drug-likeness (QED) is 0.268. The zero-order valence-corrected chi connectivity index (χ0v) is 30.3. The van der Waals surface area contributed by atoms with Gasteiger partial charge < -0.3 is 24.3 Å². The third-order valence-corrected chi connectivity index (χ3v) is 10.5. The van der Waals surface area contributed by atoms with Gasteiger partial charge in [0.25, 0.3) is 11.8 Å². The topological polar surface area (TPSA) is 91.0 Å². The van der Waals surface area contributed by atoms with Crippen molar-refractivity contribution in [3.8, 4) is 0 Å². The molecule has 1 unspecified atom stereocenters. The number of likely N-dealkylation sites (tertiary alicyclic amines) is 1. The Morgan fingerprint density at radius 2 is 1.60 bits per heavy atom. The molecule has 3 amide bonds. The van der Waals surface area contributed by atoms with Crippen molar-refractivity contribution in [2.45, 2.75) is 76.4 Å². The predicted octanol–water partition coefficient (Wildman–Crippen LogP) is 6.80. The Bertz CT molecular complexity index is 1400. The van der Waals surface area contributed by atoms with E-state index in [1.807, 2.05) is 39.3 Å². The van der Waals surface area contributed by atoms with Crippen LogP contribution >= 0.6 is 23.2 Å². The molecule has 9 nitrogen and oxygen atoms in total. The number of halogens is 2. The van der Waals surface area contributed by atoms with E-state index in [0.29, 0.717) is 27.8 Å². The number of amides is 3. The maximum atomic E-state index is 14.1. The number of likely N-dealkylation sites (N-methyl/N-ethyl adjacent to an activating group) is 2. The van der Waals surface area contributed by atoms with Gasteiger partial charge in [0, 0.05) is 77.2 Å². The number of quaternary nitrogens is 1. The van der Waals surface area contributed by atoms with E-state index in [4.69, 9.17) is 27.9 Å². The van der Waals surface area contributed by atoms with E-state index in [2.05, 4.69) is 10.6 Å². The Hall–Kier alpha value is -2.85. The summed E-state index contributed by atoms with van der Waals surface area (Å²) in [4.78, 5) is 43.5. The number of rotatable bonds is 10. The van der Waals surface area contributed by atoms with Gasteiger partial charge in [0.15, 0.2) is 5.54 Å². The lowest BCUT2D eigenvalue weighted by atomic mass is 9.79. The molecule has 47 heavy (non-hydrogen) atoms. The molecule has 0 saturated carbocycles. The molecule has 0 bridgehead atoms. The molecular weight excluding hydrogens is 637 g/mol. The van der Waals surface area contributed by atoms with Gasteiger partial charge in [-0.2, -0.15) is 0 Å². The van der Waals surface area contributed by atoms with E-state index in [1.165, 1.54) is 6.42 Å². The monoisotopic (exact) mass is 688 g/mol. The molecule has 0 radical (unpaired) electrons. The molecule has 2 fully saturated rings. The summed E-state index contributed by atoms with van der Waals surface area (Å²) in [5.74, 6) is 0.0687. The fourth-order valence-electron chi connectivity index (χ4n) is 7.41. The number of carbonyl (C=O) groups is 3. The molecule has 2 aromatic rings. The van der Waals surface area contributed by atoms with E-state index in [0.717, 1.165) is 74.9 Å². The average Bonchev–Trinajstić information content (AvgIpc) is 3.03. The maximum Gasteiger partial charge on any atom is 0.412 e. The number of hydrogen-bond donors (Lipinski definition) is 2. The molecule has 0 spiro atoms. The highest BCUT2D eigenvalue weighted by atomic mass is 35.5. The minimum Gasteiger partial charge on any atom is -0.444 e. The van der Waals surface area contributed by atoms with Crippen molar-refractivity contribution in [3.05, 3.63) is 63.6 Å². The van der Waals surface area contributed by atoms with Crippen molar-refractivity contribution in [2.75, 3.05) is 65.7 Å². The molecule has 1 atom stereocenters. The lowest BCUT2D eigenvalue weighted by molar-refractivity contribution is -0.972. The maximum absolute atomic E-state index is 14.1. The molecule has 11 heteroatoms. The molecule has 2 aliphatic heterocycles. The third-order valence-electron chi connectivity index (χ3n) is 9.75. The number of ether oxygens (including phenoxy) is 1. The smallest absolute Gasteiger partial charge is 0.412 e. The predicted molar refractivity (Wildman–Crippen MR) is 189 cm³/mol. The molecule has 0 aliphatic carbocycles. The lowest BCUT2D eigenvalue weighted by Gasteiger charge is -2.56. The summed E-state index contributed by atoms with van der Waals surface area (Å²) < 4.78 is 6.12. The van der Waals surface area contributed by atoms with Crippen molar-refractivity contribution in [3.63, 3.8) is 0 Å². The Kier molecular flexibility index (Phi) is 12.3. The molecule has 2 saturated heterocycles. The highest BCUT2D eigenvalue weighted by Crippen LogP contribution is 2.40. The van der Waals surface area contributed by atoms with Crippen LogP contribution in [0, 0.1) is 0 Å². The van der Waals surface area contributed by atoms with Crippen LogP contribution in [0.1, 0.15) is 81.1 Å². The first-order chi connectivity index (χ1) is 22.2. The van der Waals surface area contributed by atoms with Crippen LogP contribution in [0.5, 0.6) is 0 Å². The Morgan fingerprint density at radius 3 is 2.17 bits per heavy atom. The minimum absolute atomic E-state index is 0.0306. The Balaban J connectivity index is 1.57. The van der Waals surface area contributed by atoms with Gasteiger partial charge in [-0.15, -0.1) is 0 Å². The van der Waals surface area contributed by atoms with Crippen molar-refractivity contribution in [1.29, 1.82) is 0 Å². The van der Waals surface area contributed by atoms with Crippen molar-refractivity contribution in [1.82, 2.24) is 15.1 Å². The first-order valence-electron chi connectivity index (χ1n) is 16.8. The summed E-state index contributed by atoms with van der Waals surface area (Å²) in [5.41, 5.74) is 0.999. The zero-order chi connectivity index (χ0) is 34.4. The van der Waals surface area contributed by atoms with E-state index < -0.39 is 17.2 Å². The van der Waals surface area contributed by atoms with E-state index in [-0.39, 0.29) is 17.7 Å². The van der Waals surface area contributed by atoms with Gasteiger partial charge in [0.2, 0.25) is 0 Å². The van der Waals surface area contributed by atoms with Gasteiger partial charge >= 0.3 is 6.09 Å². The molecule has 0 aromatic heterocycles. The molecule has 2 aliphatic rings. The van der Waals surface area contributed by atoms with Crippen LogP contribution in [0.2, 0.25) is 10.0 Å². The fourth-order valence-corrected chi connectivity index (χ4v) is 7.72. The largest absolute Gasteiger partial charge is 0.444 e. The van der Waals surface area contributed by atoms with Gasteiger partial charge in [-0.25, -0.2) is 4.79 Å². The van der Waals surface area contributed by atoms with Crippen LogP contribution in [-0.4, -0.2) is 104 Å². The van der Waals surface area contributed by atoms with Gasteiger partial charge in [0.05, 0.1) is 29.7 Å². The van der Waals surface area contributed by atoms with Crippen LogP contribution in [0.3, 0.4) is 0 Å². The number of anilines is 1.